The van der Waals surface area contributed by atoms with Gasteiger partial charge in [0.25, 0.3) is 11.8 Å². The summed E-state index contributed by atoms with van der Waals surface area (Å²) in [6, 6.07) is 15.1. The van der Waals surface area contributed by atoms with E-state index >= 15 is 0 Å². The van der Waals surface area contributed by atoms with E-state index in [1.54, 1.807) is 24.3 Å². The maximum Gasteiger partial charge on any atom is 0.261 e. The predicted molar refractivity (Wildman–Crippen MR) is 108 cm³/mol. The molecule has 0 aliphatic carbocycles. The van der Waals surface area contributed by atoms with Gasteiger partial charge in [-0.2, -0.15) is 0 Å². The highest BCUT2D eigenvalue weighted by Crippen LogP contribution is 2.24. The monoisotopic (exact) mass is 378 g/mol. The normalized spacial score (nSPS) is 13.6. The predicted octanol–water partition coefficient (Wildman–Crippen LogP) is 3.47. The topological polar surface area (TPSA) is 66.5 Å². The molecule has 1 N–H and O–H groups in total. The first-order valence-corrected chi connectivity index (χ1v) is 9.59. The van der Waals surface area contributed by atoms with Gasteiger partial charge in [-0.1, -0.05) is 55.8 Å². The number of imide groups is 1. The first-order chi connectivity index (χ1) is 13.3. The van der Waals surface area contributed by atoms with Gasteiger partial charge >= 0.3 is 0 Å². The number of aryl methyl sites for hydroxylation is 1. The maximum absolute atomic E-state index is 12.3. The minimum Gasteiger partial charge on any atom is -0.355 e. The third-order valence-corrected chi connectivity index (χ3v) is 5.19. The second-order valence-corrected chi connectivity index (χ2v) is 7.94. The molecule has 5 nitrogen and oxygen atoms in total. The van der Waals surface area contributed by atoms with Crippen LogP contribution in [0.5, 0.6) is 0 Å². The summed E-state index contributed by atoms with van der Waals surface area (Å²) in [5, 5.41) is 2.98. The summed E-state index contributed by atoms with van der Waals surface area (Å²) in [6.07, 6.45) is 0.722. The molecule has 1 heterocycles. The van der Waals surface area contributed by atoms with Crippen molar-refractivity contribution in [2.75, 3.05) is 13.1 Å². The van der Waals surface area contributed by atoms with E-state index < -0.39 is 0 Å². The number of carbonyl (C=O) groups is 3. The molecule has 2 aromatic carbocycles. The van der Waals surface area contributed by atoms with Crippen LogP contribution in [0.25, 0.3) is 0 Å². The van der Waals surface area contributed by atoms with Crippen LogP contribution in [0.2, 0.25) is 0 Å². The van der Waals surface area contributed by atoms with Gasteiger partial charge in [0, 0.05) is 24.9 Å². The molecular formula is C23H26N2O3. The quantitative estimate of drug-likeness (QED) is 0.750. The fourth-order valence-electron chi connectivity index (χ4n) is 3.42. The molecule has 0 bridgehead atoms. The van der Waals surface area contributed by atoms with Gasteiger partial charge in [0.1, 0.15) is 0 Å². The zero-order valence-electron chi connectivity index (χ0n) is 16.6. The van der Waals surface area contributed by atoms with Crippen molar-refractivity contribution < 1.29 is 14.4 Å². The van der Waals surface area contributed by atoms with Crippen molar-refractivity contribution in [1.29, 1.82) is 0 Å². The lowest BCUT2D eigenvalue weighted by Gasteiger charge is -2.26. The number of benzene rings is 2. The number of fused-ring (bicyclic) bond motifs is 1. The van der Waals surface area contributed by atoms with Gasteiger partial charge in [-0.15, -0.1) is 0 Å². The maximum atomic E-state index is 12.3. The molecule has 146 valence electrons. The van der Waals surface area contributed by atoms with E-state index in [4.69, 9.17) is 0 Å². The zero-order chi connectivity index (χ0) is 20.3. The molecule has 28 heavy (non-hydrogen) atoms. The first-order valence-electron chi connectivity index (χ1n) is 9.59. The van der Waals surface area contributed by atoms with Gasteiger partial charge < -0.3 is 5.32 Å². The summed E-state index contributed by atoms with van der Waals surface area (Å²) in [5.41, 5.74) is 3.08. The van der Waals surface area contributed by atoms with Crippen molar-refractivity contribution in [3.8, 4) is 0 Å². The Morgan fingerprint density at radius 3 is 2.25 bits per heavy atom. The molecule has 3 rings (SSSR count). The van der Waals surface area contributed by atoms with Crippen molar-refractivity contribution >= 4 is 17.7 Å². The number of amides is 3. The fraction of sp³-hybridized carbons (Fsp3) is 0.348. The van der Waals surface area contributed by atoms with Crippen molar-refractivity contribution in [3.05, 3.63) is 70.8 Å². The molecule has 2 aromatic rings. The van der Waals surface area contributed by atoms with Gasteiger partial charge in [-0.05, 0) is 31.0 Å². The van der Waals surface area contributed by atoms with E-state index in [1.165, 1.54) is 16.0 Å². The van der Waals surface area contributed by atoms with Gasteiger partial charge in [-0.25, -0.2) is 0 Å². The lowest BCUT2D eigenvalue weighted by atomic mass is 9.84. The lowest BCUT2D eigenvalue weighted by molar-refractivity contribution is -0.121. The van der Waals surface area contributed by atoms with Crippen LogP contribution in [-0.2, 0) is 10.2 Å². The standard InChI is InChI=1S/C23H26N2O3/c1-16-8-6-9-17(14-16)23(2,3)15-24-20(26)12-7-13-25-21(27)18-10-4-5-11-19(18)22(25)28/h4-6,8-11,14H,7,12-13,15H2,1-3H3,(H,24,26). The first kappa shape index (κ1) is 19.8. The number of carbonyl (C=O) groups excluding carboxylic acids is 3. The van der Waals surface area contributed by atoms with Gasteiger partial charge in [-0.3, -0.25) is 19.3 Å². The summed E-state index contributed by atoms with van der Waals surface area (Å²) < 4.78 is 0. The minimum absolute atomic E-state index is 0.0719. The third kappa shape index (κ3) is 4.14. The Morgan fingerprint density at radius 2 is 1.64 bits per heavy atom. The number of hydrogen-bond acceptors (Lipinski definition) is 3. The Hall–Kier alpha value is -2.95. The molecule has 0 spiro atoms. The minimum atomic E-state index is -0.276. The summed E-state index contributed by atoms with van der Waals surface area (Å²) >= 11 is 0. The summed E-state index contributed by atoms with van der Waals surface area (Å²) in [4.78, 5) is 38.1. The van der Waals surface area contributed by atoms with Crippen LogP contribution in [0.1, 0.15) is 58.5 Å². The van der Waals surface area contributed by atoms with Crippen LogP contribution in [0.15, 0.2) is 48.5 Å². The van der Waals surface area contributed by atoms with Crippen molar-refractivity contribution in [1.82, 2.24) is 10.2 Å². The van der Waals surface area contributed by atoms with Crippen molar-refractivity contribution in [2.24, 2.45) is 0 Å². The number of nitrogens with zero attached hydrogens (tertiary/aromatic N) is 1. The molecule has 0 atom stereocenters. The van der Waals surface area contributed by atoms with Gasteiger partial charge in [0.15, 0.2) is 0 Å². The molecule has 0 saturated carbocycles. The van der Waals surface area contributed by atoms with Crippen LogP contribution in [0, 0.1) is 6.92 Å². The van der Waals surface area contributed by atoms with Crippen LogP contribution in [0.3, 0.4) is 0 Å². The van der Waals surface area contributed by atoms with Crippen LogP contribution >= 0.6 is 0 Å². The highest BCUT2D eigenvalue weighted by molar-refractivity contribution is 6.21. The Labute approximate surface area is 165 Å². The fourth-order valence-corrected chi connectivity index (χ4v) is 3.42. The third-order valence-electron chi connectivity index (χ3n) is 5.19. The highest BCUT2D eigenvalue weighted by atomic mass is 16.2. The van der Waals surface area contributed by atoms with E-state index in [1.807, 2.05) is 6.07 Å². The van der Waals surface area contributed by atoms with Crippen molar-refractivity contribution in [3.63, 3.8) is 0 Å². The molecule has 0 aromatic heterocycles. The van der Waals surface area contributed by atoms with E-state index in [2.05, 4.69) is 44.3 Å². The second-order valence-electron chi connectivity index (χ2n) is 7.94. The van der Waals surface area contributed by atoms with Crippen LogP contribution < -0.4 is 5.32 Å². The molecule has 1 aliphatic rings. The summed E-state index contributed by atoms with van der Waals surface area (Å²) in [5.74, 6) is -0.625. The van der Waals surface area contributed by atoms with E-state index in [9.17, 15) is 14.4 Å². The average Bonchev–Trinajstić information content (AvgIpc) is 2.92. The molecule has 0 radical (unpaired) electrons. The molecule has 0 fully saturated rings. The Bertz CT molecular complexity index is 883. The molecule has 0 saturated heterocycles. The SMILES string of the molecule is Cc1cccc(C(C)(C)CNC(=O)CCCN2C(=O)c3ccccc3C2=O)c1. The average molecular weight is 378 g/mol. The van der Waals surface area contributed by atoms with Crippen LogP contribution in [0.4, 0.5) is 0 Å². The Kier molecular flexibility index (Phi) is 5.63. The van der Waals surface area contributed by atoms with E-state index in [0.29, 0.717) is 24.1 Å². The number of hydrogen-bond donors (Lipinski definition) is 1. The van der Waals surface area contributed by atoms with Crippen LogP contribution in [-0.4, -0.2) is 35.7 Å². The second kappa shape index (κ2) is 7.97. The zero-order valence-corrected chi connectivity index (χ0v) is 16.6. The van der Waals surface area contributed by atoms with E-state index in [0.717, 1.165) is 0 Å². The highest BCUT2D eigenvalue weighted by Gasteiger charge is 2.34. The number of rotatable bonds is 7. The Balaban J connectivity index is 1.48. The number of nitrogens with one attached hydrogen (secondary N) is 1. The molecule has 0 unspecified atom stereocenters. The Morgan fingerprint density at radius 1 is 1.00 bits per heavy atom. The smallest absolute Gasteiger partial charge is 0.261 e. The van der Waals surface area contributed by atoms with Gasteiger partial charge in [0.05, 0.1) is 11.1 Å². The molecular weight excluding hydrogens is 352 g/mol. The van der Waals surface area contributed by atoms with Gasteiger partial charge in [0.2, 0.25) is 5.91 Å². The largest absolute Gasteiger partial charge is 0.355 e. The summed E-state index contributed by atoms with van der Waals surface area (Å²) in [7, 11) is 0. The molecule has 3 amide bonds. The summed E-state index contributed by atoms with van der Waals surface area (Å²) in [6.45, 7) is 7.03. The molecule has 5 heteroatoms. The van der Waals surface area contributed by atoms with Crippen molar-refractivity contribution in [2.45, 2.75) is 39.0 Å². The van der Waals surface area contributed by atoms with E-state index in [-0.39, 0.29) is 36.1 Å². The lowest BCUT2D eigenvalue weighted by Crippen LogP contribution is -2.37. The molecule has 1 aliphatic heterocycles.